The van der Waals surface area contributed by atoms with Crippen LogP contribution in [-0.2, 0) is 9.84 Å². The molecule has 1 heterocycles. The lowest BCUT2D eigenvalue weighted by Crippen LogP contribution is -2.37. The third kappa shape index (κ3) is 5.17. The van der Waals surface area contributed by atoms with Gasteiger partial charge in [0, 0.05) is 18.2 Å². The molecule has 1 saturated heterocycles. The molecule has 0 bridgehead atoms. The van der Waals surface area contributed by atoms with Crippen molar-refractivity contribution < 1.29 is 8.42 Å². The van der Waals surface area contributed by atoms with Crippen LogP contribution in [0.25, 0.3) is 0 Å². The SMILES string of the molecule is CS(=O)(=O)CCCN1CCCC(Cl)C1. The van der Waals surface area contributed by atoms with Crippen molar-refractivity contribution in [2.45, 2.75) is 24.6 Å². The third-order valence-electron chi connectivity index (χ3n) is 2.44. The van der Waals surface area contributed by atoms with Gasteiger partial charge in [0.15, 0.2) is 0 Å². The number of halogens is 1. The lowest BCUT2D eigenvalue weighted by Gasteiger charge is -2.29. The Balaban J connectivity index is 2.18. The smallest absolute Gasteiger partial charge is 0.147 e. The van der Waals surface area contributed by atoms with Gasteiger partial charge in [-0.1, -0.05) is 0 Å². The Morgan fingerprint density at radius 3 is 2.79 bits per heavy atom. The van der Waals surface area contributed by atoms with Crippen molar-refractivity contribution in [2.24, 2.45) is 0 Å². The summed E-state index contributed by atoms with van der Waals surface area (Å²) in [6.07, 6.45) is 4.23. The molecular weight excluding hydrogens is 222 g/mol. The maximum Gasteiger partial charge on any atom is 0.147 e. The van der Waals surface area contributed by atoms with E-state index in [0.717, 1.165) is 38.9 Å². The number of nitrogens with zero attached hydrogens (tertiary/aromatic N) is 1. The van der Waals surface area contributed by atoms with E-state index in [4.69, 9.17) is 11.6 Å². The second-order valence-electron chi connectivity index (χ2n) is 4.02. The summed E-state index contributed by atoms with van der Waals surface area (Å²) in [7, 11) is -2.80. The molecule has 1 rings (SSSR count). The molecule has 0 aromatic heterocycles. The molecule has 0 amide bonds. The minimum atomic E-state index is -2.80. The second kappa shape index (κ2) is 5.33. The minimum absolute atomic E-state index is 0.252. The van der Waals surface area contributed by atoms with Crippen molar-refractivity contribution in [3.63, 3.8) is 0 Å². The zero-order valence-electron chi connectivity index (χ0n) is 8.58. The lowest BCUT2D eigenvalue weighted by atomic mass is 10.1. The van der Waals surface area contributed by atoms with Gasteiger partial charge >= 0.3 is 0 Å². The highest BCUT2D eigenvalue weighted by atomic mass is 35.5. The van der Waals surface area contributed by atoms with Crippen molar-refractivity contribution in [1.29, 1.82) is 0 Å². The average molecular weight is 240 g/mol. The average Bonchev–Trinajstić information content (AvgIpc) is 2.01. The van der Waals surface area contributed by atoms with Gasteiger partial charge in [-0.05, 0) is 32.4 Å². The molecule has 0 aliphatic carbocycles. The van der Waals surface area contributed by atoms with Crippen LogP contribution in [0.2, 0.25) is 0 Å². The molecule has 0 aromatic carbocycles. The molecule has 5 heteroatoms. The first-order valence-corrected chi connectivity index (χ1v) is 7.51. The maximum atomic E-state index is 10.9. The Morgan fingerprint density at radius 1 is 1.50 bits per heavy atom. The molecule has 1 unspecified atom stereocenters. The zero-order chi connectivity index (χ0) is 10.6. The molecule has 0 saturated carbocycles. The van der Waals surface area contributed by atoms with Crippen LogP contribution in [0, 0.1) is 0 Å². The van der Waals surface area contributed by atoms with Gasteiger partial charge in [-0.2, -0.15) is 0 Å². The van der Waals surface area contributed by atoms with Crippen LogP contribution in [0.15, 0.2) is 0 Å². The van der Waals surface area contributed by atoms with Gasteiger partial charge in [-0.25, -0.2) is 8.42 Å². The fourth-order valence-corrected chi connectivity index (χ4v) is 2.76. The standard InChI is InChI=1S/C9H18ClNO2S/c1-14(12,13)7-3-6-11-5-2-4-9(10)8-11/h9H,2-8H2,1H3. The molecule has 1 aliphatic heterocycles. The van der Waals surface area contributed by atoms with Crippen LogP contribution in [0.3, 0.4) is 0 Å². The molecule has 0 radical (unpaired) electrons. The van der Waals surface area contributed by atoms with Gasteiger partial charge < -0.3 is 4.90 Å². The summed E-state index contributed by atoms with van der Waals surface area (Å²) in [6.45, 7) is 2.83. The molecule has 1 fully saturated rings. The summed E-state index contributed by atoms with van der Waals surface area (Å²) in [6, 6.07) is 0. The quantitative estimate of drug-likeness (QED) is 0.691. The fourth-order valence-electron chi connectivity index (χ4n) is 1.75. The number of sulfone groups is 1. The van der Waals surface area contributed by atoms with Gasteiger partial charge in [0.1, 0.15) is 9.84 Å². The van der Waals surface area contributed by atoms with Gasteiger partial charge in [0.05, 0.1) is 5.75 Å². The van der Waals surface area contributed by atoms with E-state index in [9.17, 15) is 8.42 Å². The molecule has 0 N–H and O–H groups in total. The van der Waals surface area contributed by atoms with Gasteiger partial charge in [-0.3, -0.25) is 0 Å². The van der Waals surface area contributed by atoms with Crippen molar-refractivity contribution in [3.8, 4) is 0 Å². The monoisotopic (exact) mass is 239 g/mol. The number of likely N-dealkylation sites (tertiary alicyclic amines) is 1. The molecule has 0 aromatic rings. The summed E-state index contributed by atoms with van der Waals surface area (Å²) in [5, 5.41) is 0.252. The highest BCUT2D eigenvalue weighted by molar-refractivity contribution is 7.90. The summed E-state index contributed by atoms with van der Waals surface area (Å²) in [5.74, 6) is 0.288. The number of rotatable bonds is 4. The molecule has 1 atom stereocenters. The summed E-state index contributed by atoms with van der Waals surface area (Å²) >= 11 is 6.02. The summed E-state index contributed by atoms with van der Waals surface area (Å²) in [5.41, 5.74) is 0. The normalized spacial score (nSPS) is 25.1. The zero-order valence-corrected chi connectivity index (χ0v) is 10.1. The van der Waals surface area contributed by atoms with E-state index in [1.54, 1.807) is 0 Å². The first kappa shape index (κ1) is 12.3. The van der Waals surface area contributed by atoms with E-state index < -0.39 is 9.84 Å². The number of hydrogen-bond acceptors (Lipinski definition) is 3. The van der Waals surface area contributed by atoms with Crippen molar-refractivity contribution >= 4 is 21.4 Å². The summed E-state index contributed by atoms with van der Waals surface area (Å²) in [4.78, 5) is 2.26. The Bertz CT molecular complexity index is 266. The van der Waals surface area contributed by atoms with E-state index in [1.165, 1.54) is 6.26 Å². The predicted octanol–water partition coefficient (Wildman–Crippen LogP) is 1.12. The third-order valence-corrected chi connectivity index (χ3v) is 3.82. The van der Waals surface area contributed by atoms with Crippen LogP contribution in [-0.4, -0.2) is 50.3 Å². The van der Waals surface area contributed by atoms with Gasteiger partial charge in [0.2, 0.25) is 0 Å². The molecule has 14 heavy (non-hydrogen) atoms. The number of piperidine rings is 1. The lowest BCUT2D eigenvalue weighted by molar-refractivity contribution is 0.233. The largest absolute Gasteiger partial charge is 0.302 e. The molecule has 3 nitrogen and oxygen atoms in total. The highest BCUT2D eigenvalue weighted by Crippen LogP contribution is 2.14. The van der Waals surface area contributed by atoms with Crippen LogP contribution < -0.4 is 0 Å². The Kier molecular flexibility index (Phi) is 4.67. The fraction of sp³-hybridized carbons (Fsp3) is 1.00. The Labute approximate surface area is 91.3 Å². The maximum absolute atomic E-state index is 10.9. The van der Waals surface area contributed by atoms with Gasteiger partial charge in [0.25, 0.3) is 0 Å². The first-order chi connectivity index (χ1) is 6.47. The first-order valence-electron chi connectivity index (χ1n) is 5.01. The van der Waals surface area contributed by atoms with E-state index in [2.05, 4.69) is 4.90 Å². The Hall–Kier alpha value is 0.200. The van der Waals surface area contributed by atoms with E-state index in [-0.39, 0.29) is 11.1 Å². The van der Waals surface area contributed by atoms with E-state index in [1.807, 2.05) is 0 Å². The molecular formula is C9H18ClNO2S. The van der Waals surface area contributed by atoms with Gasteiger partial charge in [-0.15, -0.1) is 11.6 Å². The van der Waals surface area contributed by atoms with E-state index >= 15 is 0 Å². The number of alkyl halides is 1. The topological polar surface area (TPSA) is 37.4 Å². The molecule has 1 aliphatic rings. The number of hydrogen-bond donors (Lipinski definition) is 0. The minimum Gasteiger partial charge on any atom is -0.302 e. The van der Waals surface area contributed by atoms with E-state index in [0.29, 0.717) is 0 Å². The van der Waals surface area contributed by atoms with Crippen molar-refractivity contribution in [1.82, 2.24) is 4.90 Å². The van der Waals surface area contributed by atoms with Crippen LogP contribution in [0.1, 0.15) is 19.3 Å². The van der Waals surface area contributed by atoms with Crippen LogP contribution in [0.5, 0.6) is 0 Å². The second-order valence-corrected chi connectivity index (χ2v) is 6.90. The van der Waals surface area contributed by atoms with Crippen molar-refractivity contribution in [3.05, 3.63) is 0 Å². The predicted molar refractivity (Wildman–Crippen MR) is 59.6 cm³/mol. The summed E-state index contributed by atoms with van der Waals surface area (Å²) < 4.78 is 21.8. The highest BCUT2D eigenvalue weighted by Gasteiger charge is 2.17. The van der Waals surface area contributed by atoms with Crippen LogP contribution in [0.4, 0.5) is 0 Å². The Morgan fingerprint density at radius 2 is 2.21 bits per heavy atom. The van der Waals surface area contributed by atoms with Crippen LogP contribution >= 0.6 is 11.6 Å². The van der Waals surface area contributed by atoms with Crippen molar-refractivity contribution in [2.75, 3.05) is 31.6 Å². The molecule has 84 valence electrons. The molecule has 0 spiro atoms.